The molecule has 13 nitrogen and oxygen atoms in total. The van der Waals surface area contributed by atoms with Crippen molar-refractivity contribution in [2.45, 2.75) is 70.1 Å². The smallest absolute Gasteiger partial charge is 0.407 e. The second-order valence-corrected chi connectivity index (χ2v) is 17.3. The zero-order valence-electron chi connectivity index (χ0n) is 33.4. The number of fused-ring (bicyclic) bond motifs is 3. The molecular weight excluding hydrogens is 884 g/mol. The number of aromatic nitrogens is 1. The van der Waals surface area contributed by atoms with Crippen LogP contribution >= 0.6 is 31.9 Å². The highest BCUT2D eigenvalue weighted by molar-refractivity contribution is 9.11. The minimum absolute atomic E-state index is 0.00454. The molecule has 4 aromatic rings. The number of nitrogens with zero attached hydrogens (tertiary/aromatic N) is 3. The van der Waals surface area contributed by atoms with Crippen molar-refractivity contribution in [2.24, 2.45) is 0 Å². The molecule has 2 atom stereocenters. The Labute approximate surface area is 361 Å². The van der Waals surface area contributed by atoms with Crippen molar-refractivity contribution in [1.82, 2.24) is 25.8 Å². The van der Waals surface area contributed by atoms with Gasteiger partial charge in [-0.05, 0) is 124 Å². The van der Waals surface area contributed by atoms with Crippen LogP contribution in [0.2, 0.25) is 0 Å². The van der Waals surface area contributed by atoms with Gasteiger partial charge in [0.1, 0.15) is 30.0 Å². The quantitative estimate of drug-likeness (QED) is 0.0952. The number of hydrogen-bond acceptors (Lipinski definition) is 9. The normalized spacial score (nSPS) is 14.7. The van der Waals surface area contributed by atoms with Crippen molar-refractivity contribution in [3.63, 3.8) is 0 Å². The summed E-state index contributed by atoms with van der Waals surface area (Å²) >= 11 is 6.73. The van der Waals surface area contributed by atoms with Gasteiger partial charge in [0.2, 0.25) is 11.8 Å². The van der Waals surface area contributed by atoms with Gasteiger partial charge >= 0.3 is 12.2 Å². The molecule has 6 rings (SSSR count). The lowest BCUT2D eigenvalue weighted by atomic mass is 9.98. The minimum Gasteiger partial charge on any atom is -0.506 e. The number of aromatic hydroxyl groups is 1. The molecule has 0 bridgehead atoms. The summed E-state index contributed by atoms with van der Waals surface area (Å²) in [5.41, 5.74) is 5.30. The fourth-order valence-electron chi connectivity index (χ4n) is 7.43. The lowest BCUT2D eigenvalue weighted by Gasteiger charge is -2.37. The standard InChI is InChI=1S/C44H50Br2N6O7/c1-44(2,3)59-42(56)48-17-9-8-14-37(41(55)52-22-20-51(21-23-52)29-15-18-47-19-16-29)49-40(54)38(26-28-24-35(45)39(53)36(46)25-28)50-43(57)58-27-34-32-12-6-4-10-30(32)31-11-5-7-13-33(31)34/h4-7,10-13,15-16,18-19,24-25,34,37-38,53H,8-9,14,17,20-23,26-27H2,1-3H3,(H,48,56)(H,49,54)(H,50,57)/t37-,38+/m0/s1. The van der Waals surface area contributed by atoms with Gasteiger partial charge in [-0.1, -0.05) is 48.5 Å². The van der Waals surface area contributed by atoms with Crippen LogP contribution in [0.15, 0.2) is 94.1 Å². The summed E-state index contributed by atoms with van der Waals surface area (Å²) in [6, 6.07) is 21.2. The molecule has 2 heterocycles. The highest BCUT2D eigenvalue weighted by Crippen LogP contribution is 2.44. The van der Waals surface area contributed by atoms with Crippen molar-refractivity contribution < 1.29 is 33.8 Å². The number of halogens is 2. The molecule has 1 aromatic heterocycles. The van der Waals surface area contributed by atoms with Crippen molar-refractivity contribution in [2.75, 3.05) is 44.2 Å². The molecule has 3 aromatic carbocycles. The van der Waals surface area contributed by atoms with Gasteiger partial charge < -0.3 is 40.3 Å². The van der Waals surface area contributed by atoms with E-state index >= 15 is 0 Å². The van der Waals surface area contributed by atoms with E-state index < -0.39 is 35.8 Å². The maximum Gasteiger partial charge on any atom is 0.407 e. The lowest BCUT2D eigenvalue weighted by Crippen LogP contribution is -2.58. The first kappa shape index (κ1) is 43.4. The molecule has 1 fully saturated rings. The number of unbranched alkanes of at least 4 members (excludes halogenated alkanes) is 1. The summed E-state index contributed by atoms with van der Waals surface area (Å²) in [6.45, 7) is 7.85. The maximum absolute atomic E-state index is 14.3. The van der Waals surface area contributed by atoms with Gasteiger partial charge in [-0.15, -0.1) is 0 Å². The van der Waals surface area contributed by atoms with E-state index in [4.69, 9.17) is 9.47 Å². The largest absolute Gasteiger partial charge is 0.506 e. The summed E-state index contributed by atoms with van der Waals surface area (Å²) in [6.07, 6.45) is 3.51. The number of ether oxygens (including phenoxy) is 2. The number of rotatable bonds is 14. The first-order valence-corrected chi connectivity index (χ1v) is 21.4. The zero-order valence-corrected chi connectivity index (χ0v) is 36.6. The van der Waals surface area contributed by atoms with Gasteiger partial charge in [0.05, 0.1) is 8.95 Å². The summed E-state index contributed by atoms with van der Waals surface area (Å²) in [5.74, 6) is -0.993. The van der Waals surface area contributed by atoms with Crippen molar-refractivity contribution >= 4 is 61.5 Å². The Hall–Kier alpha value is -5.15. The average Bonchev–Trinajstić information content (AvgIpc) is 3.54. The van der Waals surface area contributed by atoms with E-state index in [1.54, 1.807) is 50.2 Å². The Morgan fingerprint density at radius 1 is 0.831 bits per heavy atom. The summed E-state index contributed by atoms with van der Waals surface area (Å²) in [7, 11) is 0. The van der Waals surface area contributed by atoms with Gasteiger partial charge in [0.15, 0.2) is 0 Å². The summed E-state index contributed by atoms with van der Waals surface area (Å²) in [5, 5.41) is 18.9. The van der Waals surface area contributed by atoms with Gasteiger partial charge in [0.25, 0.3) is 0 Å². The number of anilines is 1. The van der Waals surface area contributed by atoms with E-state index in [-0.39, 0.29) is 30.6 Å². The molecule has 1 aliphatic heterocycles. The third-order valence-corrected chi connectivity index (χ3v) is 11.5. The molecule has 0 unspecified atom stereocenters. The van der Waals surface area contributed by atoms with Gasteiger partial charge in [-0.2, -0.15) is 0 Å². The number of phenolic OH excluding ortho intramolecular Hbond substituents is 1. The monoisotopic (exact) mass is 932 g/mol. The van der Waals surface area contributed by atoms with Crippen molar-refractivity contribution in [1.29, 1.82) is 0 Å². The van der Waals surface area contributed by atoms with Gasteiger partial charge in [-0.25, -0.2) is 9.59 Å². The molecule has 1 aliphatic carbocycles. The minimum atomic E-state index is -1.15. The number of nitrogens with one attached hydrogen (secondary N) is 3. The van der Waals surface area contributed by atoms with Crippen molar-refractivity contribution in [3.05, 3.63) is 111 Å². The number of phenols is 1. The van der Waals surface area contributed by atoms with Crippen LogP contribution in [0, 0.1) is 0 Å². The number of benzene rings is 3. The predicted molar refractivity (Wildman–Crippen MR) is 232 cm³/mol. The van der Waals surface area contributed by atoms with E-state index in [2.05, 4.69) is 69.8 Å². The third kappa shape index (κ3) is 11.5. The first-order valence-electron chi connectivity index (χ1n) is 19.8. The molecule has 0 saturated carbocycles. The topological polar surface area (TPSA) is 162 Å². The zero-order chi connectivity index (χ0) is 42.1. The van der Waals surface area contributed by atoms with Crippen LogP contribution in [-0.2, 0) is 25.5 Å². The molecule has 312 valence electrons. The predicted octanol–water partition coefficient (Wildman–Crippen LogP) is 7.29. The average molecular weight is 935 g/mol. The maximum atomic E-state index is 14.3. The van der Waals surface area contributed by atoms with Gasteiger partial charge in [-0.3, -0.25) is 14.6 Å². The molecule has 0 spiro atoms. The number of amides is 4. The Morgan fingerprint density at radius 3 is 2.05 bits per heavy atom. The molecular formula is C44H50Br2N6O7. The van der Waals surface area contributed by atoms with E-state index in [9.17, 15) is 24.3 Å². The number of hydrogen-bond donors (Lipinski definition) is 4. The van der Waals surface area contributed by atoms with E-state index in [1.807, 2.05) is 48.5 Å². The third-order valence-electron chi connectivity index (χ3n) is 10.3. The molecule has 0 radical (unpaired) electrons. The Balaban J connectivity index is 1.16. The van der Waals surface area contributed by atoms with E-state index in [0.29, 0.717) is 66.5 Å². The fourth-order valence-corrected chi connectivity index (χ4v) is 8.71. The molecule has 15 heteroatoms. The number of carbonyl (C=O) groups excluding carboxylic acids is 4. The fraction of sp³-hybridized carbons (Fsp3) is 0.386. The lowest BCUT2D eigenvalue weighted by molar-refractivity contribution is -0.137. The van der Waals surface area contributed by atoms with Crippen LogP contribution in [0.4, 0.5) is 15.3 Å². The summed E-state index contributed by atoms with van der Waals surface area (Å²) < 4.78 is 12.0. The number of pyridine rings is 1. The number of piperazine rings is 1. The molecule has 2 aliphatic rings. The summed E-state index contributed by atoms with van der Waals surface area (Å²) in [4.78, 5) is 62.5. The molecule has 4 N–H and O–H groups in total. The Morgan fingerprint density at radius 2 is 1.44 bits per heavy atom. The van der Waals surface area contributed by atoms with E-state index in [1.165, 1.54) is 0 Å². The SMILES string of the molecule is CC(C)(C)OC(=O)NCCCC[C@H](NC(=O)[C@@H](Cc1cc(Br)c(O)c(Br)c1)NC(=O)OCC1c2ccccc2-c2ccccc21)C(=O)N1CCN(c2ccncc2)CC1. The van der Waals surface area contributed by atoms with Crippen molar-refractivity contribution in [3.8, 4) is 16.9 Å². The van der Waals surface area contributed by atoms with Crippen LogP contribution in [0.5, 0.6) is 5.75 Å². The highest BCUT2D eigenvalue weighted by atomic mass is 79.9. The van der Waals surface area contributed by atoms with Crippen LogP contribution in [0.3, 0.4) is 0 Å². The second-order valence-electron chi connectivity index (χ2n) is 15.6. The van der Waals surface area contributed by atoms with Crippen LogP contribution < -0.4 is 20.9 Å². The molecule has 1 saturated heterocycles. The molecule has 59 heavy (non-hydrogen) atoms. The second kappa shape index (κ2) is 19.7. The van der Waals surface area contributed by atoms with E-state index in [0.717, 1.165) is 27.9 Å². The number of carbonyl (C=O) groups is 4. The number of alkyl carbamates (subject to hydrolysis) is 2. The first-order chi connectivity index (χ1) is 28.3. The Kier molecular flexibility index (Phi) is 14.5. The highest BCUT2D eigenvalue weighted by Gasteiger charge is 2.33. The van der Waals surface area contributed by atoms with Crippen LogP contribution in [-0.4, -0.2) is 96.0 Å². The molecule has 4 amide bonds. The van der Waals surface area contributed by atoms with Gasteiger partial charge in [0, 0.05) is 63.1 Å². The van der Waals surface area contributed by atoms with Crippen LogP contribution in [0.25, 0.3) is 11.1 Å². The van der Waals surface area contributed by atoms with Crippen LogP contribution in [0.1, 0.15) is 62.6 Å². The Bertz CT molecular complexity index is 2060.